The Balaban J connectivity index is 2.59. The fraction of sp³-hybridized carbons (Fsp3) is 1.00. The zero-order chi connectivity index (χ0) is 7.83. The van der Waals surface area contributed by atoms with Gasteiger partial charge in [-0.2, -0.15) is 0 Å². The van der Waals surface area contributed by atoms with E-state index in [9.17, 15) is 0 Å². The molecule has 1 fully saturated rings. The standard InChI is InChI=1S/C10H20/c1-5-9(4)8-10(9,6-2)7-3/h5-8H2,1-4H3. The quantitative estimate of drug-likeness (QED) is 0.561. The summed E-state index contributed by atoms with van der Waals surface area (Å²) in [5, 5.41) is 0. The van der Waals surface area contributed by atoms with Crippen molar-refractivity contribution >= 4 is 0 Å². The molecule has 1 aliphatic rings. The Morgan fingerprint density at radius 2 is 1.50 bits per heavy atom. The van der Waals surface area contributed by atoms with E-state index in [1.165, 1.54) is 25.7 Å². The average molecular weight is 140 g/mol. The van der Waals surface area contributed by atoms with Crippen LogP contribution in [0.25, 0.3) is 0 Å². The summed E-state index contributed by atoms with van der Waals surface area (Å²) in [5.41, 5.74) is 1.44. The topological polar surface area (TPSA) is 0 Å². The predicted molar refractivity (Wildman–Crippen MR) is 46.0 cm³/mol. The van der Waals surface area contributed by atoms with Crippen molar-refractivity contribution in [1.29, 1.82) is 0 Å². The van der Waals surface area contributed by atoms with Crippen LogP contribution in [0.4, 0.5) is 0 Å². The molecular formula is C10H20. The van der Waals surface area contributed by atoms with Crippen molar-refractivity contribution in [3.8, 4) is 0 Å². The lowest BCUT2D eigenvalue weighted by atomic mass is 9.88. The van der Waals surface area contributed by atoms with Crippen LogP contribution in [-0.4, -0.2) is 0 Å². The van der Waals surface area contributed by atoms with E-state index < -0.39 is 0 Å². The molecule has 1 unspecified atom stereocenters. The van der Waals surface area contributed by atoms with E-state index in [0.29, 0.717) is 5.41 Å². The molecule has 0 nitrogen and oxygen atoms in total. The Labute approximate surface area is 65.0 Å². The smallest absolute Gasteiger partial charge is 0.0243 e. The zero-order valence-electron chi connectivity index (χ0n) is 7.83. The van der Waals surface area contributed by atoms with Gasteiger partial charge in [-0.25, -0.2) is 0 Å². The monoisotopic (exact) mass is 140 g/mol. The number of hydrogen-bond donors (Lipinski definition) is 0. The molecule has 10 heavy (non-hydrogen) atoms. The van der Waals surface area contributed by atoms with Crippen LogP contribution in [0.5, 0.6) is 0 Å². The molecule has 1 aliphatic carbocycles. The molecule has 1 saturated carbocycles. The molecule has 0 saturated heterocycles. The SMILES string of the molecule is CCC1(C)CC1(CC)CC. The number of rotatable bonds is 3. The van der Waals surface area contributed by atoms with Crippen LogP contribution >= 0.6 is 0 Å². The summed E-state index contributed by atoms with van der Waals surface area (Å²) in [6, 6.07) is 0. The minimum Gasteiger partial charge on any atom is -0.0648 e. The molecule has 0 heteroatoms. The third-order valence-corrected chi connectivity index (χ3v) is 4.02. The molecule has 0 heterocycles. The van der Waals surface area contributed by atoms with E-state index in [4.69, 9.17) is 0 Å². The van der Waals surface area contributed by atoms with E-state index in [2.05, 4.69) is 27.7 Å². The maximum atomic E-state index is 2.44. The first-order valence-corrected chi connectivity index (χ1v) is 4.64. The molecule has 0 amide bonds. The summed E-state index contributed by atoms with van der Waals surface area (Å²) in [5.74, 6) is 0. The van der Waals surface area contributed by atoms with E-state index in [0.717, 1.165) is 5.41 Å². The summed E-state index contributed by atoms with van der Waals surface area (Å²) >= 11 is 0. The van der Waals surface area contributed by atoms with Crippen molar-refractivity contribution < 1.29 is 0 Å². The zero-order valence-corrected chi connectivity index (χ0v) is 7.83. The normalized spacial score (nSPS) is 36.0. The Morgan fingerprint density at radius 1 is 1.00 bits per heavy atom. The van der Waals surface area contributed by atoms with Crippen molar-refractivity contribution in [2.24, 2.45) is 10.8 Å². The minimum absolute atomic E-state index is 0.705. The molecule has 1 rings (SSSR count). The van der Waals surface area contributed by atoms with Crippen LogP contribution in [0.2, 0.25) is 0 Å². The second-order valence-electron chi connectivity index (χ2n) is 4.08. The third-order valence-electron chi connectivity index (χ3n) is 4.02. The molecule has 0 N–H and O–H groups in total. The van der Waals surface area contributed by atoms with Gasteiger partial charge >= 0.3 is 0 Å². The average Bonchev–Trinajstić information content (AvgIpc) is 2.59. The van der Waals surface area contributed by atoms with Gasteiger partial charge in [0.1, 0.15) is 0 Å². The van der Waals surface area contributed by atoms with Crippen molar-refractivity contribution in [3.05, 3.63) is 0 Å². The van der Waals surface area contributed by atoms with Gasteiger partial charge in [-0.05, 0) is 30.1 Å². The highest BCUT2D eigenvalue weighted by molar-refractivity contribution is 5.09. The van der Waals surface area contributed by atoms with E-state index in [-0.39, 0.29) is 0 Å². The molecule has 0 aromatic rings. The van der Waals surface area contributed by atoms with Gasteiger partial charge in [-0.1, -0.05) is 34.1 Å². The Bertz CT molecular complexity index is 122. The summed E-state index contributed by atoms with van der Waals surface area (Å²) < 4.78 is 0. The van der Waals surface area contributed by atoms with Gasteiger partial charge in [0.05, 0.1) is 0 Å². The largest absolute Gasteiger partial charge is 0.0648 e. The van der Waals surface area contributed by atoms with Crippen LogP contribution < -0.4 is 0 Å². The van der Waals surface area contributed by atoms with Gasteiger partial charge in [-0.15, -0.1) is 0 Å². The van der Waals surface area contributed by atoms with E-state index in [1.807, 2.05) is 0 Å². The fourth-order valence-electron chi connectivity index (χ4n) is 2.56. The lowest BCUT2D eigenvalue weighted by Crippen LogP contribution is -2.07. The van der Waals surface area contributed by atoms with Gasteiger partial charge in [0, 0.05) is 0 Å². The maximum absolute atomic E-state index is 2.44. The molecule has 1 atom stereocenters. The Kier molecular flexibility index (Phi) is 1.82. The summed E-state index contributed by atoms with van der Waals surface area (Å²) in [6.07, 6.45) is 5.61. The molecular weight excluding hydrogens is 120 g/mol. The van der Waals surface area contributed by atoms with Crippen LogP contribution in [0, 0.1) is 10.8 Å². The molecule has 60 valence electrons. The Hall–Kier alpha value is 0. The van der Waals surface area contributed by atoms with Gasteiger partial charge in [-0.3, -0.25) is 0 Å². The second-order valence-corrected chi connectivity index (χ2v) is 4.08. The van der Waals surface area contributed by atoms with E-state index >= 15 is 0 Å². The predicted octanol–water partition coefficient (Wildman–Crippen LogP) is 3.61. The third kappa shape index (κ3) is 0.810. The Morgan fingerprint density at radius 3 is 1.60 bits per heavy atom. The first-order valence-electron chi connectivity index (χ1n) is 4.64. The van der Waals surface area contributed by atoms with Crippen molar-refractivity contribution in [1.82, 2.24) is 0 Å². The maximum Gasteiger partial charge on any atom is -0.0243 e. The molecule has 0 aliphatic heterocycles. The van der Waals surface area contributed by atoms with E-state index in [1.54, 1.807) is 0 Å². The summed E-state index contributed by atoms with van der Waals surface area (Å²) in [4.78, 5) is 0. The van der Waals surface area contributed by atoms with Crippen LogP contribution in [0.3, 0.4) is 0 Å². The fourth-order valence-corrected chi connectivity index (χ4v) is 2.56. The molecule has 0 bridgehead atoms. The highest BCUT2D eigenvalue weighted by atomic mass is 14.6. The first kappa shape index (κ1) is 8.10. The highest BCUT2D eigenvalue weighted by Crippen LogP contribution is 2.69. The van der Waals surface area contributed by atoms with Crippen LogP contribution in [0.15, 0.2) is 0 Å². The lowest BCUT2D eigenvalue weighted by molar-refractivity contribution is 0.327. The van der Waals surface area contributed by atoms with Gasteiger partial charge in [0.2, 0.25) is 0 Å². The molecule has 0 radical (unpaired) electrons. The van der Waals surface area contributed by atoms with Crippen molar-refractivity contribution in [3.63, 3.8) is 0 Å². The summed E-state index contributed by atoms with van der Waals surface area (Å²) in [6.45, 7) is 9.45. The lowest BCUT2D eigenvalue weighted by Gasteiger charge is -2.17. The molecule has 0 spiro atoms. The second kappa shape index (κ2) is 2.25. The van der Waals surface area contributed by atoms with Gasteiger partial charge < -0.3 is 0 Å². The van der Waals surface area contributed by atoms with Gasteiger partial charge in [0.25, 0.3) is 0 Å². The first-order chi connectivity index (χ1) is 4.64. The highest BCUT2D eigenvalue weighted by Gasteiger charge is 2.59. The molecule has 0 aromatic heterocycles. The van der Waals surface area contributed by atoms with Crippen LogP contribution in [-0.2, 0) is 0 Å². The van der Waals surface area contributed by atoms with Crippen molar-refractivity contribution in [2.45, 2.75) is 53.4 Å². The van der Waals surface area contributed by atoms with Crippen molar-refractivity contribution in [2.75, 3.05) is 0 Å². The van der Waals surface area contributed by atoms with Crippen LogP contribution in [0.1, 0.15) is 53.4 Å². The number of hydrogen-bond acceptors (Lipinski definition) is 0. The molecule has 0 aromatic carbocycles. The summed E-state index contributed by atoms with van der Waals surface area (Å²) in [7, 11) is 0. The minimum atomic E-state index is 0.705. The van der Waals surface area contributed by atoms with Gasteiger partial charge in [0.15, 0.2) is 0 Å².